The molecule has 2 heterocycles. The molecule has 30 heavy (non-hydrogen) atoms. The predicted molar refractivity (Wildman–Crippen MR) is 113 cm³/mol. The summed E-state index contributed by atoms with van der Waals surface area (Å²) in [4.78, 5) is 30.6. The summed E-state index contributed by atoms with van der Waals surface area (Å²) in [5.74, 6) is 0.910. The Bertz CT molecular complexity index is 1040. The highest BCUT2D eigenvalue weighted by Crippen LogP contribution is 2.36. The number of benzene rings is 2. The second-order valence-electron chi connectivity index (χ2n) is 6.78. The van der Waals surface area contributed by atoms with Gasteiger partial charge in [-0.2, -0.15) is 0 Å². The standard InChI is InChI=1S/C23H21N3O4/c1-16-23(28)26(13-14-29-19-5-3-2-4-6-19)20-8-7-18(15-21(20)30-16)25-22(27)17-9-11-24-12-10-17/h2-12,15-16H,13-14H2,1H3,(H,25,27). The Morgan fingerprint density at radius 2 is 1.90 bits per heavy atom. The summed E-state index contributed by atoms with van der Waals surface area (Å²) in [5, 5.41) is 2.84. The number of para-hydroxylation sites is 1. The quantitative estimate of drug-likeness (QED) is 0.681. The van der Waals surface area contributed by atoms with Gasteiger partial charge in [-0.05, 0) is 43.3 Å². The van der Waals surface area contributed by atoms with Crippen LogP contribution in [0.2, 0.25) is 0 Å². The molecule has 152 valence electrons. The average Bonchev–Trinajstić information content (AvgIpc) is 2.77. The lowest BCUT2D eigenvalue weighted by Crippen LogP contribution is -2.46. The molecule has 0 fully saturated rings. The third kappa shape index (κ3) is 4.25. The molecule has 2 amide bonds. The Morgan fingerprint density at radius 1 is 1.13 bits per heavy atom. The molecule has 0 saturated heterocycles. The third-order valence-corrected chi connectivity index (χ3v) is 4.70. The van der Waals surface area contributed by atoms with E-state index in [1.165, 1.54) is 0 Å². The zero-order valence-electron chi connectivity index (χ0n) is 16.4. The van der Waals surface area contributed by atoms with Gasteiger partial charge < -0.3 is 19.7 Å². The summed E-state index contributed by atoms with van der Waals surface area (Å²) in [7, 11) is 0. The fourth-order valence-corrected chi connectivity index (χ4v) is 3.20. The molecule has 0 aliphatic carbocycles. The van der Waals surface area contributed by atoms with E-state index in [0.29, 0.717) is 35.8 Å². The molecule has 1 aromatic heterocycles. The first-order valence-electron chi connectivity index (χ1n) is 9.63. The van der Waals surface area contributed by atoms with Crippen LogP contribution >= 0.6 is 0 Å². The second kappa shape index (κ2) is 8.65. The van der Waals surface area contributed by atoms with Crippen molar-refractivity contribution < 1.29 is 19.1 Å². The molecule has 0 saturated carbocycles. The molecule has 1 aliphatic heterocycles. The smallest absolute Gasteiger partial charge is 0.267 e. The highest BCUT2D eigenvalue weighted by molar-refractivity contribution is 6.05. The normalized spacial score (nSPS) is 15.2. The molecule has 3 aromatic rings. The van der Waals surface area contributed by atoms with E-state index < -0.39 is 6.10 Å². The highest BCUT2D eigenvalue weighted by atomic mass is 16.5. The van der Waals surface area contributed by atoms with Gasteiger partial charge >= 0.3 is 0 Å². The van der Waals surface area contributed by atoms with Crippen LogP contribution in [-0.4, -0.2) is 36.1 Å². The summed E-state index contributed by atoms with van der Waals surface area (Å²) in [6.45, 7) is 2.44. The van der Waals surface area contributed by atoms with Crippen molar-refractivity contribution in [3.63, 3.8) is 0 Å². The maximum atomic E-state index is 12.6. The SMILES string of the molecule is CC1Oc2cc(NC(=O)c3ccncc3)ccc2N(CCOc2ccccc2)C1=O. The molecule has 0 spiro atoms. The number of rotatable bonds is 6. The Hall–Kier alpha value is -3.87. The van der Waals surface area contributed by atoms with Gasteiger partial charge in [0.15, 0.2) is 6.10 Å². The number of amides is 2. The number of anilines is 2. The van der Waals surface area contributed by atoms with Crippen LogP contribution in [0.1, 0.15) is 17.3 Å². The van der Waals surface area contributed by atoms with Crippen LogP contribution in [0.25, 0.3) is 0 Å². The molecule has 1 unspecified atom stereocenters. The van der Waals surface area contributed by atoms with Gasteiger partial charge in [0.1, 0.15) is 18.1 Å². The van der Waals surface area contributed by atoms with E-state index in [1.807, 2.05) is 30.3 Å². The monoisotopic (exact) mass is 403 g/mol. The van der Waals surface area contributed by atoms with Crippen LogP contribution in [0.4, 0.5) is 11.4 Å². The maximum Gasteiger partial charge on any atom is 0.267 e. The number of carbonyl (C=O) groups excluding carboxylic acids is 2. The number of aromatic nitrogens is 1. The fraction of sp³-hybridized carbons (Fsp3) is 0.174. The number of nitrogens with one attached hydrogen (secondary N) is 1. The fourth-order valence-electron chi connectivity index (χ4n) is 3.20. The molecule has 1 N–H and O–H groups in total. The first kappa shape index (κ1) is 19.4. The summed E-state index contributed by atoms with van der Waals surface area (Å²) < 4.78 is 11.5. The Labute approximate surface area is 174 Å². The molecule has 7 nitrogen and oxygen atoms in total. The van der Waals surface area contributed by atoms with Gasteiger partial charge in [0, 0.05) is 29.7 Å². The van der Waals surface area contributed by atoms with Crippen molar-refractivity contribution in [3.8, 4) is 11.5 Å². The number of carbonyl (C=O) groups is 2. The van der Waals surface area contributed by atoms with Crippen molar-refractivity contribution in [1.29, 1.82) is 0 Å². The largest absolute Gasteiger partial charge is 0.492 e. The summed E-state index contributed by atoms with van der Waals surface area (Å²) >= 11 is 0. The van der Waals surface area contributed by atoms with Crippen LogP contribution < -0.4 is 19.7 Å². The van der Waals surface area contributed by atoms with Gasteiger partial charge in [-0.15, -0.1) is 0 Å². The van der Waals surface area contributed by atoms with Gasteiger partial charge in [0.05, 0.1) is 12.2 Å². The average molecular weight is 403 g/mol. The van der Waals surface area contributed by atoms with Crippen molar-refractivity contribution in [3.05, 3.63) is 78.6 Å². The van der Waals surface area contributed by atoms with Crippen LogP contribution in [0.5, 0.6) is 11.5 Å². The van der Waals surface area contributed by atoms with Crippen molar-refractivity contribution in [1.82, 2.24) is 4.98 Å². The van der Waals surface area contributed by atoms with Crippen molar-refractivity contribution in [2.75, 3.05) is 23.4 Å². The molecule has 2 aromatic carbocycles. The number of hydrogen-bond donors (Lipinski definition) is 1. The number of hydrogen-bond acceptors (Lipinski definition) is 5. The molecule has 0 radical (unpaired) electrons. The van der Waals surface area contributed by atoms with E-state index >= 15 is 0 Å². The van der Waals surface area contributed by atoms with Crippen LogP contribution in [-0.2, 0) is 4.79 Å². The van der Waals surface area contributed by atoms with E-state index in [-0.39, 0.29) is 11.8 Å². The highest BCUT2D eigenvalue weighted by Gasteiger charge is 2.31. The van der Waals surface area contributed by atoms with E-state index in [2.05, 4.69) is 10.3 Å². The van der Waals surface area contributed by atoms with Gasteiger partial charge in [0.25, 0.3) is 11.8 Å². The lowest BCUT2D eigenvalue weighted by atomic mass is 10.1. The van der Waals surface area contributed by atoms with E-state index in [4.69, 9.17) is 9.47 Å². The number of pyridine rings is 1. The Morgan fingerprint density at radius 3 is 2.67 bits per heavy atom. The summed E-state index contributed by atoms with van der Waals surface area (Å²) in [6, 6.07) is 18.0. The van der Waals surface area contributed by atoms with E-state index in [1.54, 1.807) is 54.5 Å². The lowest BCUT2D eigenvalue weighted by Gasteiger charge is -2.33. The minimum absolute atomic E-state index is 0.132. The molecule has 1 atom stereocenters. The van der Waals surface area contributed by atoms with Crippen LogP contribution in [0.15, 0.2) is 73.1 Å². The van der Waals surface area contributed by atoms with Crippen molar-refractivity contribution in [2.24, 2.45) is 0 Å². The maximum absolute atomic E-state index is 12.6. The van der Waals surface area contributed by atoms with E-state index in [0.717, 1.165) is 5.75 Å². The summed E-state index contributed by atoms with van der Waals surface area (Å²) in [6.07, 6.45) is 2.50. The van der Waals surface area contributed by atoms with Crippen molar-refractivity contribution in [2.45, 2.75) is 13.0 Å². The zero-order chi connectivity index (χ0) is 20.9. The topological polar surface area (TPSA) is 80.8 Å². The number of fused-ring (bicyclic) bond motifs is 1. The first-order valence-corrected chi connectivity index (χ1v) is 9.63. The molecular weight excluding hydrogens is 382 g/mol. The number of nitrogens with zero attached hydrogens (tertiary/aromatic N) is 2. The van der Waals surface area contributed by atoms with Crippen LogP contribution in [0, 0.1) is 0 Å². The molecule has 0 bridgehead atoms. The molecule has 7 heteroatoms. The first-order chi connectivity index (χ1) is 14.6. The minimum atomic E-state index is -0.625. The Kier molecular flexibility index (Phi) is 5.61. The van der Waals surface area contributed by atoms with Gasteiger partial charge in [-0.1, -0.05) is 18.2 Å². The number of ether oxygens (including phenoxy) is 2. The summed E-state index contributed by atoms with van der Waals surface area (Å²) in [5.41, 5.74) is 1.74. The van der Waals surface area contributed by atoms with Gasteiger partial charge in [-0.3, -0.25) is 14.6 Å². The predicted octanol–water partition coefficient (Wildman–Crippen LogP) is 3.53. The van der Waals surface area contributed by atoms with E-state index in [9.17, 15) is 9.59 Å². The molecule has 4 rings (SSSR count). The zero-order valence-corrected chi connectivity index (χ0v) is 16.4. The van der Waals surface area contributed by atoms with Crippen LogP contribution in [0.3, 0.4) is 0 Å². The minimum Gasteiger partial charge on any atom is -0.492 e. The third-order valence-electron chi connectivity index (χ3n) is 4.70. The second-order valence-corrected chi connectivity index (χ2v) is 6.78. The van der Waals surface area contributed by atoms with Gasteiger partial charge in [0.2, 0.25) is 0 Å². The Balaban J connectivity index is 1.48. The molecular formula is C23H21N3O4. The van der Waals surface area contributed by atoms with Gasteiger partial charge in [-0.25, -0.2) is 0 Å². The van der Waals surface area contributed by atoms with Crippen molar-refractivity contribution >= 4 is 23.2 Å². The molecule has 1 aliphatic rings. The lowest BCUT2D eigenvalue weighted by molar-refractivity contribution is -0.125.